The van der Waals surface area contributed by atoms with E-state index in [1.807, 2.05) is 12.1 Å². The van der Waals surface area contributed by atoms with Crippen molar-refractivity contribution in [2.75, 3.05) is 18.6 Å². The Bertz CT molecular complexity index is 1420. The standard InChI is InChI=1S/C28H22ClIN2O6/c1-3-12-37-25-23(30)14-18(15-24(25)36-2)13-22-26(33)31-28(35)32(27(22)34)20-8-10-21(11-9-20)38-16-17-4-6-19(29)7-5-17/h3-11,13-15H,1,12,16H2,2H3,(H,31,33,35)/b22-13+. The number of imide groups is 2. The van der Waals surface area contributed by atoms with Crippen LogP contribution in [0, 0.1) is 3.57 Å². The lowest BCUT2D eigenvalue weighted by molar-refractivity contribution is -0.122. The minimum absolute atomic E-state index is 0.203. The summed E-state index contributed by atoms with van der Waals surface area (Å²) in [5, 5.41) is 2.86. The highest BCUT2D eigenvalue weighted by atomic mass is 127. The van der Waals surface area contributed by atoms with Gasteiger partial charge in [-0.3, -0.25) is 14.9 Å². The number of nitrogens with zero attached hydrogens (tertiary/aromatic N) is 1. The Morgan fingerprint density at radius 3 is 2.39 bits per heavy atom. The molecular weight excluding hydrogens is 623 g/mol. The van der Waals surface area contributed by atoms with Crippen LogP contribution in [0.15, 0.2) is 78.9 Å². The van der Waals surface area contributed by atoms with Gasteiger partial charge in [-0.1, -0.05) is 36.4 Å². The first-order valence-corrected chi connectivity index (χ1v) is 12.8. The van der Waals surface area contributed by atoms with Crippen molar-refractivity contribution in [2.24, 2.45) is 0 Å². The number of nitrogens with one attached hydrogen (secondary N) is 1. The zero-order valence-electron chi connectivity index (χ0n) is 20.2. The van der Waals surface area contributed by atoms with Crippen molar-refractivity contribution in [1.29, 1.82) is 0 Å². The Labute approximate surface area is 238 Å². The lowest BCUT2D eigenvalue weighted by Crippen LogP contribution is -2.54. The van der Waals surface area contributed by atoms with Crippen molar-refractivity contribution in [3.63, 3.8) is 0 Å². The third-order valence-electron chi connectivity index (χ3n) is 5.42. The van der Waals surface area contributed by atoms with Gasteiger partial charge in [0, 0.05) is 5.02 Å². The summed E-state index contributed by atoms with van der Waals surface area (Å²) >= 11 is 7.98. The Kier molecular flexibility index (Phi) is 8.70. The van der Waals surface area contributed by atoms with E-state index in [2.05, 4.69) is 34.5 Å². The quantitative estimate of drug-likeness (QED) is 0.138. The number of carbonyl (C=O) groups is 3. The molecule has 3 aromatic rings. The number of barbiturate groups is 1. The molecule has 0 atom stereocenters. The average Bonchev–Trinajstić information content (AvgIpc) is 2.90. The first kappa shape index (κ1) is 27.2. The van der Waals surface area contributed by atoms with Crippen molar-refractivity contribution in [3.05, 3.63) is 98.6 Å². The maximum atomic E-state index is 13.3. The Morgan fingerprint density at radius 1 is 1.03 bits per heavy atom. The molecule has 0 spiro atoms. The fraction of sp³-hybridized carbons (Fsp3) is 0.107. The summed E-state index contributed by atoms with van der Waals surface area (Å²) < 4.78 is 17.6. The molecule has 0 aliphatic carbocycles. The van der Waals surface area contributed by atoms with E-state index in [0.29, 0.717) is 38.0 Å². The number of amides is 4. The van der Waals surface area contributed by atoms with Gasteiger partial charge in [0.1, 0.15) is 24.5 Å². The molecule has 8 nitrogen and oxygen atoms in total. The number of rotatable bonds is 9. The summed E-state index contributed by atoms with van der Waals surface area (Å²) in [6.07, 6.45) is 3.02. The molecule has 0 radical (unpaired) electrons. The fourth-order valence-corrected chi connectivity index (χ4v) is 4.51. The summed E-state index contributed by atoms with van der Waals surface area (Å²) in [5.41, 5.74) is 1.54. The van der Waals surface area contributed by atoms with Gasteiger partial charge in [0.2, 0.25) is 0 Å². The number of urea groups is 1. The maximum Gasteiger partial charge on any atom is 0.335 e. The third kappa shape index (κ3) is 6.17. The number of benzene rings is 3. The molecule has 0 aromatic heterocycles. The number of anilines is 1. The number of hydrogen-bond acceptors (Lipinski definition) is 6. The van der Waals surface area contributed by atoms with Crippen molar-refractivity contribution in [3.8, 4) is 17.2 Å². The number of methoxy groups -OCH3 is 1. The van der Waals surface area contributed by atoms with Gasteiger partial charge in [-0.15, -0.1) is 0 Å². The molecule has 38 heavy (non-hydrogen) atoms. The molecule has 0 saturated carbocycles. The van der Waals surface area contributed by atoms with Gasteiger partial charge >= 0.3 is 6.03 Å². The van der Waals surface area contributed by atoms with Crippen LogP contribution in [0.5, 0.6) is 17.2 Å². The van der Waals surface area contributed by atoms with Crippen LogP contribution < -0.4 is 24.4 Å². The minimum atomic E-state index is -0.840. The van der Waals surface area contributed by atoms with Crippen molar-refractivity contribution in [1.82, 2.24) is 5.32 Å². The lowest BCUT2D eigenvalue weighted by atomic mass is 10.1. The average molecular weight is 645 g/mol. The number of hydrogen-bond donors (Lipinski definition) is 1. The zero-order valence-corrected chi connectivity index (χ0v) is 23.1. The molecule has 0 bridgehead atoms. The van der Waals surface area contributed by atoms with E-state index in [0.717, 1.165) is 10.5 Å². The molecule has 1 saturated heterocycles. The molecule has 4 amide bonds. The monoisotopic (exact) mass is 644 g/mol. The van der Waals surface area contributed by atoms with Gasteiger partial charge in [-0.2, -0.15) is 0 Å². The molecular formula is C28H22ClIN2O6. The van der Waals surface area contributed by atoms with E-state index in [-0.39, 0.29) is 17.9 Å². The van der Waals surface area contributed by atoms with Gasteiger partial charge in [0.15, 0.2) is 11.5 Å². The second-order valence-corrected chi connectivity index (χ2v) is 9.60. The highest BCUT2D eigenvalue weighted by Crippen LogP contribution is 2.35. The number of halogens is 2. The van der Waals surface area contributed by atoms with Crippen molar-refractivity contribution < 1.29 is 28.6 Å². The maximum absolute atomic E-state index is 13.3. The first-order chi connectivity index (χ1) is 18.3. The number of carbonyl (C=O) groups excluding carboxylic acids is 3. The van der Waals surface area contributed by atoms with Crippen LogP contribution in [-0.4, -0.2) is 31.6 Å². The van der Waals surface area contributed by atoms with Crippen LogP contribution in [0.2, 0.25) is 5.02 Å². The molecule has 1 aliphatic rings. The molecule has 194 valence electrons. The Hall–Kier alpha value is -3.83. The summed E-state index contributed by atoms with van der Waals surface area (Å²) in [6, 6.07) is 16.2. The van der Waals surface area contributed by atoms with Crippen molar-refractivity contribution in [2.45, 2.75) is 6.61 Å². The number of ether oxygens (including phenoxy) is 3. The predicted molar refractivity (Wildman–Crippen MR) is 153 cm³/mol. The van der Waals surface area contributed by atoms with E-state index in [1.54, 1.807) is 54.6 Å². The van der Waals surface area contributed by atoms with Crippen LogP contribution in [0.25, 0.3) is 6.08 Å². The van der Waals surface area contributed by atoms with Crippen LogP contribution in [-0.2, 0) is 16.2 Å². The highest BCUT2D eigenvalue weighted by molar-refractivity contribution is 14.1. The molecule has 1 heterocycles. The van der Waals surface area contributed by atoms with Gasteiger partial charge in [0.25, 0.3) is 11.8 Å². The van der Waals surface area contributed by atoms with Gasteiger partial charge in [-0.25, -0.2) is 9.69 Å². The van der Waals surface area contributed by atoms with E-state index in [1.165, 1.54) is 13.2 Å². The van der Waals surface area contributed by atoms with Gasteiger partial charge in [0.05, 0.1) is 16.4 Å². The second kappa shape index (κ2) is 12.1. The highest BCUT2D eigenvalue weighted by Gasteiger charge is 2.37. The topological polar surface area (TPSA) is 94.2 Å². The minimum Gasteiger partial charge on any atom is -0.493 e. The second-order valence-electron chi connectivity index (χ2n) is 8.00. The van der Waals surface area contributed by atoms with Gasteiger partial charge < -0.3 is 14.2 Å². The normalized spacial score (nSPS) is 14.3. The molecule has 4 rings (SSSR count). The largest absolute Gasteiger partial charge is 0.493 e. The Morgan fingerprint density at radius 2 is 1.74 bits per heavy atom. The molecule has 1 N–H and O–H groups in total. The lowest BCUT2D eigenvalue weighted by Gasteiger charge is -2.26. The summed E-state index contributed by atoms with van der Waals surface area (Å²) in [5.74, 6) is -0.0587. The summed E-state index contributed by atoms with van der Waals surface area (Å²) in [7, 11) is 1.49. The zero-order chi connectivity index (χ0) is 27.2. The molecule has 3 aromatic carbocycles. The smallest absolute Gasteiger partial charge is 0.335 e. The van der Waals surface area contributed by atoms with E-state index in [4.69, 9.17) is 25.8 Å². The van der Waals surface area contributed by atoms with E-state index >= 15 is 0 Å². The van der Waals surface area contributed by atoms with Crippen LogP contribution in [0.1, 0.15) is 11.1 Å². The molecule has 10 heteroatoms. The van der Waals surface area contributed by atoms with Crippen molar-refractivity contribution >= 4 is 63.8 Å². The summed E-state index contributed by atoms with van der Waals surface area (Å²) in [6.45, 7) is 4.24. The SMILES string of the molecule is C=CCOc1c(I)cc(/C=C2\C(=O)NC(=O)N(c3ccc(OCc4ccc(Cl)cc4)cc3)C2=O)cc1OC. The molecule has 0 unspecified atom stereocenters. The summed E-state index contributed by atoms with van der Waals surface area (Å²) in [4.78, 5) is 39.4. The fourth-order valence-electron chi connectivity index (χ4n) is 3.60. The van der Waals surface area contributed by atoms with Crippen LogP contribution in [0.4, 0.5) is 10.5 Å². The van der Waals surface area contributed by atoms with E-state index < -0.39 is 17.8 Å². The first-order valence-electron chi connectivity index (χ1n) is 11.3. The van der Waals surface area contributed by atoms with Crippen LogP contribution in [0.3, 0.4) is 0 Å². The van der Waals surface area contributed by atoms with E-state index in [9.17, 15) is 14.4 Å². The Balaban J connectivity index is 1.55. The van der Waals surface area contributed by atoms with Crippen LogP contribution >= 0.6 is 34.2 Å². The molecule has 1 aliphatic heterocycles. The third-order valence-corrected chi connectivity index (χ3v) is 6.48. The van der Waals surface area contributed by atoms with Gasteiger partial charge in [-0.05, 0) is 88.3 Å². The molecule has 1 fully saturated rings. The predicted octanol–water partition coefficient (Wildman–Crippen LogP) is 5.76.